The number of rotatable bonds is 3. The molecule has 0 spiro atoms. The topological polar surface area (TPSA) is 44.3 Å². The van der Waals surface area contributed by atoms with Gasteiger partial charge in [-0.05, 0) is 26.0 Å². The van der Waals surface area contributed by atoms with Crippen molar-refractivity contribution in [3.05, 3.63) is 24.3 Å². The van der Waals surface area contributed by atoms with Crippen molar-refractivity contribution in [2.75, 3.05) is 0 Å². The molecular weight excluding hydrogens is 258 g/mol. The molecule has 0 bridgehead atoms. The fraction of sp³-hybridized carbons (Fsp3) is 0.400. The average Bonchev–Trinajstić information content (AvgIpc) is 2.30. The third-order valence-electron chi connectivity index (χ3n) is 2.90. The van der Waals surface area contributed by atoms with Crippen molar-refractivity contribution >= 4 is 22.7 Å². The van der Waals surface area contributed by atoms with E-state index in [2.05, 4.69) is 19.9 Å². The minimum absolute atomic E-state index is 0.0748. The Morgan fingerprint density at radius 2 is 1.74 bits per heavy atom. The molecule has 0 atom stereocenters. The predicted molar refractivity (Wildman–Crippen MR) is 78.9 cm³/mol. The summed E-state index contributed by atoms with van der Waals surface area (Å²) < 4.78 is 1.76. The van der Waals surface area contributed by atoms with Crippen LogP contribution in [0.1, 0.15) is 33.7 Å². The van der Waals surface area contributed by atoms with E-state index in [0.717, 1.165) is 10.9 Å². The zero-order chi connectivity index (χ0) is 14.2. The highest BCUT2D eigenvalue weighted by atomic mass is 32.2. The third-order valence-corrected chi connectivity index (χ3v) is 3.90. The van der Waals surface area contributed by atoms with Gasteiger partial charge in [-0.2, -0.15) is 4.57 Å². The Morgan fingerprint density at radius 1 is 1.05 bits per heavy atom. The van der Waals surface area contributed by atoms with E-state index in [1.807, 2.05) is 26.0 Å². The second-order valence-corrected chi connectivity index (χ2v) is 6.85. The maximum Gasteiger partial charge on any atom is 0.409 e. The molecule has 0 aliphatic rings. The molecular formula is C15H20NO2S+. The summed E-state index contributed by atoms with van der Waals surface area (Å²) in [5.41, 5.74) is 0.941. The molecule has 2 aromatic rings. The first-order valence-electron chi connectivity index (χ1n) is 6.47. The number of benzene rings is 1. The monoisotopic (exact) mass is 278 g/mol. The van der Waals surface area contributed by atoms with Gasteiger partial charge in [-0.1, -0.05) is 13.8 Å². The van der Waals surface area contributed by atoms with E-state index >= 15 is 0 Å². The van der Waals surface area contributed by atoms with Crippen molar-refractivity contribution in [2.45, 2.75) is 43.9 Å². The molecule has 0 amide bonds. The fourth-order valence-electron chi connectivity index (χ4n) is 2.17. The van der Waals surface area contributed by atoms with Crippen LogP contribution in [0.2, 0.25) is 0 Å². The Labute approximate surface area is 117 Å². The molecule has 3 nitrogen and oxygen atoms in total. The molecule has 4 heteroatoms. The van der Waals surface area contributed by atoms with Gasteiger partial charge in [0, 0.05) is 22.3 Å². The number of hydrogen-bond donors (Lipinski definition) is 2. The molecule has 1 aromatic heterocycles. The van der Waals surface area contributed by atoms with Gasteiger partial charge in [-0.25, -0.2) is 0 Å². The first-order valence-corrected chi connectivity index (χ1v) is 7.35. The highest BCUT2D eigenvalue weighted by molar-refractivity contribution is 7.99. The lowest BCUT2D eigenvalue weighted by Crippen LogP contribution is -2.37. The van der Waals surface area contributed by atoms with Gasteiger partial charge in [0.2, 0.25) is 11.3 Å². The Bertz CT molecular complexity index is 609. The lowest BCUT2D eigenvalue weighted by atomic mass is 10.2. The summed E-state index contributed by atoms with van der Waals surface area (Å²) in [5.74, 6) is -0.153. The standard InChI is InChI=1S/C15H19NO2S/c1-9(2)16-13-8-12(19-10(3)4)6-5-11(13)7-14(17)15(16)18/h5-10,17H,1-4H3/p+1. The smallest absolute Gasteiger partial charge is 0.409 e. The molecule has 19 heavy (non-hydrogen) atoms. The molecule has 1 aromatic carbocycles. The first-order chi connectivity index (χ1) is 8.90. The maximum absolute atomic E-state index is 10.0. The third kappa shape index (κ3) is 2.78. The van der Waals surface area contributed by atoms with Crippen LogP contribution in [-0.2, 0) is 0 Å². The molecule has 0 radical (unpaired) electrons. The van der Waals surface area contributed by atoms with Crippen molar-refractivity contribution in [1.82, 2.24) is 0 Å². The molecule has 0 unspecified atom stereocenters. The number of aromatic nitrogens is 1. The van der Waals surface area contributed by atoms with Crippen molar-refractivity contribution in [1.29, 1.82) is 0 Å². The summed E-state index contributed by atoms with van der Waals surface area (Å²) in [4.78, 5) is 1.17. The number of aromatic hydroxyl groups is 2. The highest BCUT2D eigenvalue weighted by Crippen LogP contribution is 2.30. The first kappa shape index (κ1) is 14.0. The van der Waals surface area contributed by atoms with E-state index in [4.69, 9.17) is 0 Å². The minimum Gasteiger partial charge on any atom is -0.500 e. The Morgan fingerprint density at radius 3 is 2.32 bits per heavy atom. The van der Waals surface area contributed by atoms with Crippen LogP contribution >= 0.6 is 11.8 Å². The highest BCUT2D eigenvalue weighted by Gasteiger charge is 2.23. The molecule has 2 rings (SSSR count). The van der Waals surface area contributed by atoms with Crippen LogP contribution in [0.5, 0.6) is 11.6 Å². The largest absolute Gasteiger partial charge is 0.500 e. The van der Waals surface area contributed by atoms with Crippen molar-refractivity contribution < 1.29 is 14.8 Å². The zero-order valence-corrected chi connectivity index (χ0v) is 12.5. The second-order valence-electron chi connectivity index (χ2n) is 5.20. The van der Waals surface area contributed by atoms with E-state index < -0.39 is 0 Å². The van der Waals surface area contributed by atoms with Crippen LogP contribution < -0.4 is 4.57 Å². The molecule has 0 saturated heterocycles. The molecule has 1 heterocycles. The maximum atomic E-state index is 10.0. The van der Waals surface area contributed by atoms with E-state index in [1.165, 1.54) is 4.90 Å². The van der Waals surface area contributed by atoms with E-state index in [9.17, 15) is 10.2 Å². The lowest BCUT2D eigenvalue weighted by molar-refractivity contribution is -0.697. The molecule has 0 fully saturated rings. The van der Waals surface area contributed by atoms with Gasteiger partial charge >= 0.3 is 5.88 Å². The van der Waals surface area contributed by atoms with E-state index in [-0.39, 0.29) is 17.7 Å². The summed E-state index contributed by atoms with van der Waals surface area (Å²) >= 11 is 1.79. The SMILES string of the molecule is CC(C)Sc1ccc2cc(O)c(O)[n+](C(C)C)c2c1. The summed E-state index contributed by atoms with van der Waals surface area (Å²) in [6.45, 7) is 8.28. The summed E-state index contributed by atoms with van der Waals surface area (Å²) in [6.07, 6.45) is 0. The molecule has 0 saturated carbocycles. The lowest BCUT2D eigenvalue weighted by Gasteiger charge is -2.10. The summed E-state index contributed by atoms with van der Waals surface area (Å²) in [6, 6.07) is 7.78. The minimum atomic E-state index is -0.0783. The number of pyridine rings is 1. The zero-order valence-electron chi connectivity index (χ0n) is 11.7. The summed E-state index contributed by atoms with van der Waals surface area (Å²) in [5, 5.41) is 21.3. The number of nitrogens with zero attached hydrogens (tertiary/aromatic N) is 1. The molecule has 102 valence electrons. The summed E-state index contributed by atoms with van der Waals surface area (Å²) in [7, 11) is 0. The van der Waals surface area contributed by atoms with Crippen LogP contribution in [0.25, 0.3) is 10.9 Å². The Kier molecular flexibility index (Phi) is 3.90. The van der Waals surface area contributed by atoms with Gasteiger partial charge in [0.15, 0.2) is 6.04 Å². The van der Waals surface area contributed by atoms with Crippen LogP contribution in [0.15, 0.2) is 29.2 Å². The number of hydrogen-bond acceptors (Lipinski definition) is 3. The van der Waals surface area contributed by atoms with Gasteiger partial charge in [0.05, 0.1) is 5.39 Å². The van der Waals surface area contributed by atoms with Gasteiger partial charge in [-0.15, -0.1) is 11.8 Å². The quantitative estimate of drug-likeness (QED) is 0.666. The Balaban J connectivity index is 2.68. The van der Waals surface area contributed by atoms with E-state index in [1.54, 1.807) is 22.4 Å². The van der Waals surface area contributed by atoms with Crippen molar-refractivity contribution in [3.63, 3.8) is 0 Å². The predicted octanol–water partition coefficient (Wildman–Crippen LogP) is 3.62. The number of fused-ring (bicyclic) bond motifs is 1. The van der Waals surface area contributed by atoms with Crippen LogP contribution in [0.3, 0.4) is 0 Å². The average molecular weight is 278 g/mol. The van der Waals surface area contributed by atoms with Gasteiger partial charge in [0.1, 0.15) is 0 Å². The van der Waals surface area contributed by atoms with Crippen molar-refractivity contribution in [2.24, 2.45) is 0 Å². The fourth-order valence-corrected chi connectivity index (χ4v) is 3.04. The van der Waals surface area contributed by atoms with Crippen LogP contribution in [0.4, 0.5) is 0 Å². The van der Waals surface area contributed by atoms with Gasteiger partial charge in [-0.3, -0.25) is 0 Å². The van der Waals surface area contributed by atoms with Gasteiger partial charge < -0.3 is 10.2 Å². The van der Waals surface area contributed by atoms with Crippen LogP contribution in [-0.4, -0.2) is 15.5 Å². The molecule has 0 aliphatic carbocycles. The molecule has 2 N–H and O–H groups in total. The second kappa shape index (κ2) is 5.29. The normalized spacial score (nSPS) is 11.7. The number of thioether (sulfide) groups is 1. The van der Waals surface area contributed by atoms with Crippen molar-refractivity contribution in [3.8, 4) is 11.6 Å². The molecule has 0 aliphatic heterocycles. The van der Waals surface area contributed by atoms with E-state index in [0.29, 0.717) is 5.25 Å². The van der Waals surface area contributed by atoms with Crippen LogP contribution in [0, 0.1) is 0 Å². The Hall–Kier alpha value is -1.42. The van der Waals surface area contributed by atoms with Gasteiger partial charge in [0.25, 0.3) is 0 Å².